The van der Waals surface area contributed by atoms with Gasteiger partial charge in [-0.2, -0.15) is 0 Å². The Labute approximate surface area is 151 Å². The molecule has 26 heavy (non-hydrogen) atoms. The Morgan fingerprint density at radius 3 is 2.85 bits per heavy atom. The van der Waals surface area contributed by atoms with Crippen molar-refractivity contribution in [2.24, 2.45) is 5.92 Å². The van der Waals surface area contributed by atoms with E-state index in [1.807, 2.05) is 12.3 Å². The lowest BCUT2D eigenvalue weighted by molar-refractivity contribution is 0.158. The van der Waals surface area contributed by atoms with Crippen LogP contribution in [0.15, 0.2) is 36.5 Å². The SMILES string of the molecule is Fc1ccc2c3c([nH]c2c1)CCN(c1ccc(N2CC4CC[C@@H]42)nc1)C3. The maximum Gasteiger partial charge on any atom is 0.128 e. The van der Waals surface area contributed by atoms with Crippen LogP contribution in [0.3, 0.4) is 0 Å². The van der Waals surface area contributed by atoms with Crippen molar-refractivity contribution in [1.29, 1.82) is 0 Å². The molecule has 0 spiro atoms. The van der Waals surface area contributed by atoms with Gasteiger partial charge in [-0.05, 0) is 49.1 Å². The molecule has 0 radical (unpaired) electrons. The normalized spacial score (nSPS) is 24.0. The average Bonchev–Trinajstić information content (AvgIpc) is 3.00. The van der Waals surface area contributed by atoms with Gasteiger partial charge >= 0.3 is 0 Å². The van der Waals surface area contributed by atoms with E-state index >= 15 is 0 Å². The molecule has 2 fully saturated rings. The number of pyridine rings is 1. The molecule has 2 aromatic heterocycles. The van der Waals surface area contributed by atoms with Crippen LogP contribution < -0.4 is 9.80 Å². The summed E-state index contributed by atoms with van der Waals surface area (Å²) in [6.45, 7) is 2.98. The molecule has 4 nitrogen and oxygen atoms in total. The summed E-state index contributed by atoms with van der Waals surface area (Å²) < 4.78 is 13.5. The van der Waals surface area contributed by atoms with Gasteiger partial charge in [-0.1, -0.05) is 0 Å². The molecule has 1 N–H and O–H groups in total. The van der Waals surface area contributed by atoms with Crippen LogP contribution in [-0.2, 0) is 13.0 Å². The Morgan fingerprint density at radius 2 is 2.12 bits per heavy atom. The van der Waals surface area contributed by atoms with Gasteiger partial charge < -0.3 is 14.8 Å². The molecule has 6 rings (SSSR count). The van der Waals surface area contributed by atoms with Gasteiger partial charge in [-0.15, -0.1) is 0 Å². The first kappa shape index (κ1) is 14.6. The summed E-state index contributed by atoms with van der Waals surface area (Å²) >= 11 is 0. The topological polar surface area (TPSA) is 35.2 Å². The molecule has 2 atom stereocenters. The highest BCUT2D eigenvalue weighted by molar-refractivity contribution is 5.85. The molecule has 1 aromatic carbocycles. The van der Waals surface area contributed by atoms with Crippen LogP contribution in [0.2, 0.25) is 0 Å². The fraction of sp³-hybridized carbons (Fsp3) is 0.381. The van der Waals surface area contributed by atoms with Crippen molar-refractivity contribution in [3.63, 3.8) is 0 Å². The van der Waals surface area contributed by atoms with Crippen molar-refractivity contribution in [1.82, 2.24) is 9.97 Å². The Kier molecular flexibility index (Phi) is 2.93. The molecular formula is C21H21FN4. The number of hydrogen-bond donors (Lipinski definition) is 1. The number of benzene rings is 1. The van der Waals surface area contributed by atoms with Gasteiger partial charge in [0.25, 0.3) is 0 Å². The van der Waals surface area contributed by atoms with Crippen LogP contribution in [0.4, 0.5) is 15.9 Å². The lowest BCUT2D eigenvalue weighted by atomic mass is 9.71. The lowest BCUT2D eigenvalue weighted by Gasteiger charge is -2.56. The smallest absolute Gasteiger partial charge is 0.128 e. The zero-order valence-corrected chi connectivity index (χ0v) is 14.6. The first-order valence-electron chi connectivity index (χ1n) is 9.53. The van der Waals surface area contributed by atoms with E-state index in [1.165, 1.54) is 36.3 Å². The van der Waals surface area contributed by atoms with Crippen LogP contribution in [0.5, 0.6) is 0 Å². The van der Waals surface area contributed by atoms with Crippen molar-refractivity contribution in [3.8, 4) is 0 Å². The minimum absolute atomic E-state index is 0.188. The summed E-state index contributed by atoms with van der Waals surface area (Å²) in [5.41, 5.74) is 4.60. The van der Waals surface area contributed by atoms with Gasteiger partial charge in [0.2, 0.25) is 0 Å². The molecule has 5 heteroatoms. The Bertz CT molecular complexity index is 993. The number of nitrogens with zero attached hydrogens (tertiary/aromatic N) is 3. The monoisotopic (exact) mass is 348 g/mol. The number of piperidine rings is 1. The molecular weight excluding hydrogens is 327 g/mol. The Balaban J connectivity index is 1.26. The standard InChI is InChI=1S/C21H21FN4/c22-14-2-4-16-17-12-25(8-7-18(17)24-19(16)9-14)15-3-6-21(23-10-15)26-11-13-1-5-20(13)26/h2-4,6,9-10,13,20,24H,1,5,7-8,11-12H2/t13?,20-/m0/s1. The second kappa shape index (κ2) is 5.22. The van der Waals surface area contributed by atoms with Crippen molar-refractivity contribution in [3.05, 3.63) is 53.6 Å². The number of fused-ring (bicyclic) bond motifs is 4. The fourth-order valence-electron chi connectivity index (χ4n) is 4.84. The van der Waals surface area contributed by atoms with Crippen LogP contribution in [0.25, 0.3) is 10.9 Å². The molecule has 3 aromatic rings. The summed E-state index contributed by atoms with van der Waals surface area (Å²) in [5, 5.41) is 1.13. The number of aromatic nitrogens is 2. The van der Waals surface area contributed by atoms with Crippen molar-refractivity contribution in [2.75, 3.05) is 22.9 Å². The number of anilines is 2. The zero-order chi connectivity index (χ0) is 17.3. The minimum atomic E-state index is -0.188. The van der Waals surface area contributed by atoms with Gasteiger partial charge in [0.15, 0.2) is 0 Å². The maximum atomic E-state index is 13.5. The number of hydrogen-bond acceptors (Lipinski definition) is 3. The highest BCUT2D eigenvalue weighted by Crippen LogP contribution is 2.43. The molecule has 2 aliphatic heterocycles. The molecule has 0 bridgehead atoms. The number of H-pyrrole nitrogens is 1. The molecule has 1 saturated heterocycles. The summed E-state index contributed by atoms with van der Waals surface area (Å²) in [7, 11) is 0. The van der Waals surface area contributed by atoms with E-state index in [4.69, 9.17) is 4.98 Å². The second-order valence-corrected chi connectivity index (χ2v) is 7.88. The third-order valence-electron chi connectivity index (χ3n) is 6.54. The molecule has 132 valence electrons. The molecule has 0 amide bonds. The third-order valence-corrected chi connectivity index (χ3v) is 6.54. The number of nitrogens with one attached hydrogen (secondary N) is 1. The Morgan fingerprint density at radius 1 is 1.15 bits per heavy atom. The second-order valence-electron chi connectivity index (χ2n) is 7.88. The van der Waals surface area contributed by atoms with Crippen molar-refractivity contribution >= 4 is 22.4 Å². The van der Waals surface area contributed by atoms with E-state index in [1.54, 1.807) is 12.1 Å². The molecule has 3 aliphatic rings. The van der Waals surface area contributed by atoms with Gasteiger partial charge in [-0.3, -0.25) is 0 Å². The highest BCUT2D eigenvalue weighted by atomic mass is 19.1. The van der Waals surface area contributed by atoms with Gasteiger partial charge in [0, 0.05) is 54.3 Å². The predicted octanol–water partition coefficient (Wildman–Crippen LogP) is 3.86. The van der Waals surface area contributed by atoms with Gasteiger partial charge in [0.05, 0.1) is 11.9 Å². The van der Waals surface area contributed by atoms with E-state index in [9.17, 15) is 4.39 Å². The average molecular weight is 348 g/mol. The van der Waals surface area contributed by atoms with Crippen LogP contribution >= 0.6 is 0 Å². The quantitative estimate of drug-likeness (QED) is 0.764. The van der Waals surface area contributed by atoms with Crippen LogP contribution in [0.1, 0.15) is 24.1 Å². The molecule has 1 unspecified atom stereocenters. The van der Waals surface area contributed by atoms with Gasteiger partial charge in [-0.25, -0.2) is 9.37 Å². The van der Waals surface area contributed by atoms with Crippen molar-refractivity contribution in [2.45, 2.75) is 31.8 Å². The predicted molar refractivity (Wildman–Crippen MR) is 101 cm³/mol. The number of rotatable bonds is 2. The Hall–Kier alpha value is -2.56. The number of halogens is 1. The molecule has 4 heterocycles. The maximum absolute atomic E-state index is 13.5. The summed E-state index contributed by atoms with van der Waals surface area (Å²) in [5.74, 6) is 1.85. The fourth-order valence-corrected chi connectivity index (χ4v) is 4.84. The third kappa shape index (κ3) is 2.03. The first-order valence-corrected chi connectivity index (χ1v) is 9.53. The summed E-state index contributed by atoms with van der Waals surface area (Å²) in [6.07, 6.45) is 5.68. The highest BCUT2D eigenvalue weighted by Gasteiger charge is 2.45. The van der Waals surface area contributed by atoms with Crippen LogP contribution in [-0.4, -0.2) is 29.1 Å². The zero-order valence-electron chi connectivity index (χ0n) is 14.6. The summed E-state index contributed by atoms with van der Waals surface area (Å²) in [6, 6.07) is 10.2. The van der Waals surface area contributed by atoms with E-state index < -0.39 is 0 Å². The minimum Gasteiger partial charge on any atom is -0.365 e. The lowest BCUT2D eigenvalue weighted by Crippen LogP contribution is -2.62. The number of aromatic amines is 1. The van der Waals surface area contributed by atoms with E-state index in [2.05, 4.69) is 26.9 Å². The van der Waals surface area contributed by atoms with E-state index in [0.717, 1.165) is 48.2 Å². The van der Waals surface area contributed by atoms with E-state index in [0.29, 0.717) is 0 Å². The molecule has 1 saturated carbocycles. The van der Waals surface area contributed by atoms with Crippen molar-refractivity contribution < 1.29 is 4.39 Å². The largest absolute Gasteiger partial charge is 0.365 e. The van der Waals surface area contributed by atoms with Gasteiger partial charge in [0.1, 0.15) is 11.6 Å². The first-order chi connectivity index (χ1) is 12.8. The van der Waals surface area contributed by atoms with Crippen LogP contribution in [0, 0.1) is 11.7 Å². The molecule has 1 aliphatic carbocycles. The summed E-state index contributed by atoms with van der Waals surface area (Å²) in [4.78, 5) is 13.0. The van der Waals surface area contributed by atoms with E-state index in [-0.39, 0.29) is 5.82 Å².